The van der Waals surface area contributed by atoms with Crippen molar-refractivity contribution in [2.75, 3.05) is 13.1 Å². The fourth-order valence-corrected chi connectivity index (χ4v) is 1.59. The third kappa shape index (κ3) is 4.65. The molecule has 2 nitrogen and oxygen atoms in total. The van der Waals surface area contributed by atoms with E-state index in [9.17, 15) is 0 Å². The Bertz CT molecular complexity index is 291. The average molecular weight is 247 g/mol. The maximum Gasteiger partial charge on any atom is 0.0340 e. The Morgan fingerprint density at radius 1 is 1.20 bits per heavy atom. The molecular weight excluding hydrogens is 231 g/mol. The highest BCUT2D eigenvalue weighted by Crippen LogP contribution is 2.14. The first kappa shape index (κ1) is 14.4. The Kier molecular flexibility index (Phi) is 7.39. The summed E-state index contributed by atoms with van der Waals surface area (Å²) in [6.45, 7) is 2.23. The summed E-state index contributed by atoms with van der Waals surface area (Å²) in [5.41, 5.74) is 2.76. The lowest BCUT2D eigenvalue weighted by molar-refractivity contribution is 0.613. The largest absolute Gasteiger partial charge is 0.316 e. The minimum Gasteiger partial charge on any atom is -0.316 e. The van der Waals surface area contributed by atoms with Crippen molar-refractivity contribution in [2.24, 2.45) is 0 Å². The van der Waals surface area contributed by atoms with Crippen molar-refractivity contribution in [3.8, 4) is 0 Å². The van der Waals surface area contributed by atoms with Gasteiger partial charge < -0.3 is 5.32 Å². The molecule has 2 heterocycles. The van der Waals surface area contributed by atoms with Crippen molar-refractivity contribution in [1.82, 2.24) is 10.3 Å². The monoisotopic (exact) mass is 246 g/mol. The first-order valence-electron chi connectivity index (χ1n) is 4.75. The highest BCUT2D eigenvalue weighted by atomic mass is 35.5. The Morgan fingerprint density at radius 3 is 2.53 bits per heavy atom. The molecule has 1 N–H and O–H groups in total. The summed E-state index contributed by atoms with van der Waals surface area (Å²) >= 11 is 0. The van der Waals surface area contributed by atoms with Gasteiger partial charge in [-0.2, -0.15) is 0 Å². The van der Waals surface area contributed by atoms with Gasteiger partial charge in [0, 0.05) is 12.4 Å². The Morgan fingerprint density at radius 2 is 1.93 bits per heavy atom. The van der Waals surface area contributed by atoms with Crippen LogP contribution in [0.4, 0.5) is 0 Å². The molecule has 0 amide bonds. The summed E-state index contributed by atoms with van der Waals surface area (Å²) in [5.74, 6) is 0. The van der Waals surface area contributed by atoms with Gasteiger partial charge in [-0.15, -0.1) is 24.8 Å². The summed E-state index contributed by atoms with van der Waals surface area (Å²) < 4.78 is 0. The summed E-state index contributed by atoms with van der Waals surface area (Å²) in [5, 5.41) is 3.34. The van der Waals surface area contributed by atoms with Gasteiger partial charge in [0.2, 0.25) is 0 Å². The SMILES string of the molecule is C(=C1CCNCC1)c1cccnc1.Cl.Cl. The molecule has 1 fully saturated rings. The highest BCUT2D eigenvalue weighted by Gasteiger charge is 2.03. The molecule has 4 heteroatoms. The van der Waals surface area contributed by atoms with Crippen LogP contribution in [0.2, 0.25) is 0 Å². The molecule has 2 rings (SSSR count). The predicted molar refractivity (Wildman–Crippen MR) is 68.8 cm³/mol. The number of nitrogens with one attached hydrogen (secondary N) is 1. The highest BCUT2D eigenvalue weighted by molar-refractivity contribution is 5.85. The number of aromatic nitrogens is 1. The second kappa shape index (κ2) is 7.69. The summed E-state index contributed by atoms with van der Waals surface area (Å²) in [6, 6.07) is 4.08. The molecule has 1 aliphatic rings. The fraction of sp³-hybridized carbons (Fsp3) is 0.364. The topological polar surface area (TPSA) is 24.9 Å². The van der Waals surface area contributed by atoms with E-state index >= 15 is 0 Å². The normalized spacial score (nSPS) is 14.8. The van der Waals surface area contributed by atoms with E-state index in [4.69, 9.17) is 0 Å². The van der Waals surface area contributed by atoms with E-state index in [0.29, 0.717) is 0 Å². The van der Waals surface area contributed by atoms with Crippen LogP contribution in [-0.2, 0) is 0 Å². The molecule has 1 aromatic rings. The lowest BCUT2D eigenvalue weighted by Gasteiger charge is -2.14. The van der Waals surface area contributed by atoms with Crippen molar-refractivity contribution >= 4 is 30.9 Å². The van der Waals surface area contributed by atoms with Crippen LogP contribution in [0.15, 0.2) is 30.1 Å². The molecule has 1 aliphatic heterocycles. The van der Waals surface area contributed by atoms with E-state index < -0.39 is 0 Å². The van der Waals surface area contributed by atoms with Crippen molar-refractivity contribution in [2.45, 2.75) is 12.8 Å². The van der Waals surface area contributed by atoms with Crippen LogP contribution in [0.1, 0.15) is 18.4 Å². The predicted octanol–water partition coefficient (Wildman–Crippen LogP) is 2.69. The number of pyridine rings is 1. The molecule has 0 aliphatic carbocycles. The summed E-state index contributed by atoms with van der Waals surface area (Å²) in [4.78, 5) is 4.09. The molecule has 0 unspecified atom stereocenters. The van der Waals surface area contributed by atoms with Gasteiger partial charge in [0.25, 0.3) is 0 Å². The molecular formula is C11H16Cl2N2. The molecule has 0 radical (unpaired) electrons. The van der Waals surface area contributed by atoms with Crippen LogP contribution >= 0.6 is 24.8 Å². The van der Waals surface area contributed by atoms with E-state index in [0.717, 1.165) is 13.1 Å². The number of halogens is 2. The number of nitrogens with zero attached hydrogens (tertiary/aromatic N) is 1. The fourth-order valence-electron chi connectivity index (χ4n) is 1.59. The minimum absolute atomic E-state index is 0. The lowest BCUT2D eigenvalue weighted by Crippen LogP contribution is -2.22. The third-order valence-electron chi connectivity index (χ3n) is 2.30. The Labute approximate surface area is 103 Å². The molecule has 15 heavy (non-hydrogen) atoms. The zero-order chi connectivity index (χ0) is 8.93. The molecule has 0 aromatic carbocycles. The zero-order valence-corrected chi connectivity index (χ0v) is 10.1. The maximum atomic E-state index is 4.09. The van der Waals surface area contributed by atoms with Crippen LogP contribution in [0.3, 0.4) is 0 Å². The van der Waals surface area contributed by atoms with Gasteiger partial charge in [0.1, 0.15) is 0 Å². The van der Waals surface area contributed by atoms with Gasteiger partial charge in [0.05, 0.1) is 0 Å². The van der Waals surface area contributed by atoms with E-state index in [2.05, 4.69) is 22.4 Å². The Hall–Kier alpha value is -0.570. The summed E-state index contributed by atoms with van der Waals surface area (Å²) in [7, 11) is 0. The van der Waals surface area contributed by atoms with Crippen molar-refractivity contribution in [1.29, 1.82) is 0 Å². The van der Waals surface area contributed by atoms with Crippen LogP contribution in [0.25, 0.3) is 6.08 Å². The molecule has 1 saturated heterocycles. The van der Waals surface area contributed by atoms with E-state index in [1.165, 1.54) is 24.0 Å². The van der Waals surface area contributed by atoms with E-state index in [-0.39, 0.29) is 24.8 Å². The maximum absolute atomic E-state index is 4.09. The molecule has 0 spiro atoms. The van der Waals surface area contributed by atoms with Crippen LogP contribution < -0.4 is 5.32 Å². The van der Waals surface area contributed by atoms with Gasteiger partial charge in [0.15, 0.2) is 0 Å². The van der Waals surface area contributed by atoms with Crippen molar-refractivity contribution in [3.63, 3.8) is 0 Å². The lowest BCUT2D eigenvalue weighted by atomic mass is 10.0. The smallest absolute Gasteiger partial charge is 0.0340 e. The number of piperidine rings is 1. The van der Waals surface area contributed by atoms with E-state index in [1.807, 2.05) is 18.5 Å². The number of hydrogen-bond acceptors (Lipinski definition) is 2. The molecule has 0 atom stereocenters. The second-order valence-corrected chi connectivity index (χ2v) is 3.34. The zero-order valence-electron chi connectivity index (χ0n) is 8.48. The first-order chi connectivity index (χ1) is 6.45. The van der Waals surface area contributed by atoms with Gasteiger partial charge in [-0.05, 0) is 37.6 Å². The molecule has 0 bridgehead atoms. The molecule has 0 saturated carbocycles. The number of hydrogen-bond donors (Lipinski definition) is 1. The second-order valence-electron chi connectivity index (χ2n) is 3.34. The first-order valence-corrected chi connectivity index (χ1v) is 4.75. The molecule has 1 aromatic heterocycles. The van der Waals surface area contributed by atoms with Crippen LogP contribution in [0.5, 0.6) is 0 Å². The van der Waals surface area contributed by atoms with Crippen molar-refractivity contribution in [3.05, 3.63) is 35.7 Å². The van der Waals surface area contributed by atoms with Crippen LogP contribution in [-0.4, -0.2) is 18.1 Å². The van der Waals surface area contributed by atoms with Crippen LogP contribution in [0, 0.1) is 0 Å². The third-order valence-corrected chi connectivity index (χ3v) is 2.30. The van der Waals surface area contributed by atoms with Gasteiger partial charge in [-0.1, -0.05) is 17.7 Å². The van der Waals surface area contributed by atoms with Gasteiger partial charge in [-0.3, -0.25) is 4.98 Å². The quantitative estimate of drug-likeness (QED) is 0.825. The standard InChI is InChI=1S/C11H14N2.2ClH/c1-2-11(9-13-5-1)8-10-3-6-12-7-4-10;;/h1-2,5,8-9,12H,3-4,6-7H2;2*1H. The van der Waals surface area contributed by atoms with Crippen molar-refractivity contribution < 1.29 is 0 Å². The average Bonchev–Trinajstić information content (AvgIpc) is 2.21. The molecule has 84 valence electrons. The Balaban J connectivity index is 0.000000980. The van der Waals surface area contributed by atoms with Gasteiger partial charge >= 0.3 is 0 Å². The minimum atomic E-state index is 0. The summed E-state index contributed by atoms with van der Waals surface area (Å²) in [6.07, 6.45) is 8.33. The van der Waals surface area contributed by atoms with E-state index in [1.54, 1.807) is 0 Å². The van der Waals surface area contributed by atoms with Gasteiger partial charge in [-0.25, -0.2) is 0 Å². The number of rotatable bonds is 1.